The number of pyridine rings is 1. The van der Waals surface area contributed by atoms with E-state index in [1.165, 1.54) is 7.11 Å². The number of esters is 1. The summed E-state index contributed by atoms with van der Waals surface area (Å²) in [5.41, 5.74) is 4.51. The fourth-order valence-electron chi connectivity index (χ4n) is 3.95. The summed E-state index contributed by atoms with van der Waals surface area (Å²) >= 11 is 3.50. The quantitative estimate of drug-likeness (QED) is 0.345. The Kier molecular flexibility index (Phi) is 6.84. The van der Waals surface area contributed by atoms with Gasteiger partial charge in [0, 0.05) is 22.0 Å². The maximum Gasteiger partial charge on any atom is 0.314 e. The third-order valence-electron chi connectivity index (χ3n) is 5.62. The van der Waals surface area contributed by atoms with Gasteiger partial charge in [-0.3, -0.25) is 9.59 Å². The number of nitrogens with one attached hydrogen (secondary N) is 1. The molecule has 1 aromatic heterocycles. The van der Waals surface area contributed by atoms with Crippen molar-refractivity contribution in [2.24, 2.45) is 0 Å². The van der Waals surface area contributed by atoms with Crippen LogP contribution in [0.3, 0.4) is 0 Å². The highest BCUT2D eigenvalue weighted by atomic mass is 79.9. The van der Waals surface area contributed by atoms with Crippen LogP contribution in [0.25, 0.3) is 22.2 Å². The first-order valence-corrected chi connectivity index (χ1v) is 11.3. The molecule has 1 atom stereocenters. The number of rotatable bonds is 6. The zero-order chi connectivity index (χ0) is 23.4. The van der Waals surface area contributed by atoms with E-state index in [0.29, 0.717) is 5.56 Å². The number of nitrogens with zero attached hydrogens (tertiary/aromatic N) is 1. The van der Waals surface area contributed by atoms with Gasteiger partial charge in [0.15, 0.2) is 0 Å². The summed E-state index contributed by atoms with van der Waals surface area (Å²) in [6.45, 7) is 2.02. The topological polar surface area (TPSA) is 68.3 Å². The molecule has 0 bridgehead atoms. The number of hydrogen-bond acceptors (Lipinski definition) is 4. The number of carbonyl (C=O) groups excluding carboxylic acids is 2. The minimum absolute atomic E-state index is 0.119. The smallest absolute Gasteiger partial charge is 0.314 e. The van der Waals surface area contributed by atoms with Gasteiger partial charge >= 0.3 is 5.97 Å². The summed E-state index contributed by atoms with van der Waals surface area (Å²) in [4.78, 5) is 30.8. The minimum atomic E-state index is -0.603. The van der Waals surface area contributed by atoms with Crippen LogP contribution in [-0.2, 0) is 9.53 Å². The van der Waals surface area contributed by atoms with Crippen LogP contribution in [0.15, 0.2) is 83.3 Å². The molecule has 0 saturated carbocycles. The van der Waals surface area contributed by atoms with E-state index in [9.17, 15) is 9.59 Å². The molecule has 0 aliphatic heterocycles. The summed E-state index contributed by atoms with van der Waals surface area (Å²) in [7, 11) is 1.35. The monoisotopic (exact) mass is 502 g/mol. The van der Waals surface area contributed by atoms with Crippen molar-refractivity contribution in [3.63, 3.8) is 0 Å². The van der Waals surface area contributed by atoms with E-state index in [2.05, 4.69) is 21.2 Å². The molecule has 166 valence electrons. The van der Waals surface area contributed by atoms with Gasteiger partial charge in [-0.1, -0.05) is 76.6 Å². The normalized spacial score (nSPS) is 11.7. The number of methoxy groups -OCH3 is 1. The number of fused-ring (bicyclic) bond motifs is 1. The number of aromatic nitrogens is 1. The molecule has 0 saturated heterocycles. The highest BCUT2D eigenvalue weighted by molar-refractivity contribution is 9.10. The predicted molar refractivity (Wildman–Crippen MR) is 133 cm³/mol. The maximum absolute atomic E-state index is 13.5. The first-order valence-electron chi connectivity index (χ1n) is 10.6. The molecule has 33 heavy (non-hydrogen) atoms. The van der Waals surface area contributed by atoms with Crippen LogP contribution in [0.4, 0.5) is 0 Å². The third kappa shape index (κ3) is 4.81. The lowest BCUT2D eigenvalue weighted by molar-refractivity contribution is -0.142. The lowest BCUT2D eigenvalue weighted by atomic mass is 9.96. The molecule has 1 unspecified atom stereocenters. The second kappa shape index (κ2) is 9.96. The van der Waals surface area contributed by atoms with Gasteiger partial charge in [0.1, 0.15) is 0 Å². The number of halogens is 1. The SMILES string of the molecule is COC(=O)C(CNC(=O)c1c(C)c(-c2ccccc2)nc2ccc(Br)cc12)c1ccccc1. The third-order valence-corrected chi connectivity index (χ3v) is 6.11. The Morgan fingerprint density at radius 3 is 2.33 bits per heavy atom. The summed E-state index contributed by atoms with van der Waals surface area (Å²) in [6.07, 6.45) is 0. The maximum atomic E-state index is 13.5. The lowest BCUT2D eigenvalue weighted by Crippen LogP contribution is -2.33. The molecule has 4 rings (SSSR count). The molecular weight excluding hydrogens is 480 g/mol. The van der Waals surface area contributed by atoms with Crippen molar-refractivity contribution < 1.29 is 14.3 Å². The molecule has 1 amide bonds. The van der Waals surface area contributed by atoms with Crippen molar-refractivity contribution >= 4 is 38.7 Å². The van der Waals surface area contributed by atoms with Crippen molar-refractivity contribution in [1.82, 2.24) is 10.3 Å². The number of benzene rings is 3. The summed E-state index contributed by atoms with van der Waals surface area (Å²) in [6, 6.07) is 24.8. The number of ether oxygens (including phenoxy) is 1. The molecule has 3 aromatic carbocycles. The first kappa shape index (κ1) is 22.7. The molecule has 6 heteroatoms. The van der Waals surface area contributed by atoms with Gasteiger partial charge in [-0.2, -0.15) is 0 Å². The molecule has 0 radical (unpaired) electrons. The highest BCUT2D eigenvalue weighted by Gasteiger charge is 2.24. The van der Waals surface area contributed by atoms with Crippen LogP contribution in [0, 0.1) is 6.92 Å². The van der Waals surface area contributed by atoms with E-state index in [-0.39, 0.29) is 12.5 Å². The first-order chi connectivity index (χ1) is 16.0. The van der Waals surface area contributed by atoms with E-state index in [4.69, 9.17) is 9.72 Å². The fraction of sp³-hybridized carbons (Fsp3) is 0.148. The molecule has 0 spiro atoms. The zero-order valence-corrected chi connectivity index (χ0v) is 19.9. The van der Waals surface area contributed by atoms with Gasteiger partial charge in [-0.25, -0.2) is 4.98 Å². The van der Waals surface area contributed by atoms with Gasteiger partial charge in [-0.05, 0) is 36.2 Å². The Balaban J connectivity index is 1.75. The number of carbonyl (C=O) groups is 2. The van der Waals surface area contributed by atoms with Crippen molar-refractivity contribution in [3.05, 3.63) is 100 Å². The minimum Gasteiger partial charge on any atom is -0.468 e. The summed E-state index contributed by atoms with van der Waals surface area (Å²) in [5, 5.41) is 3.70. The number of hydrogen-bond donors (Lipinski definition) is 1. The van der Waals surface area contributed by atoms with Gasteiger partial charge < -0.3 is 10.1 Å². The van der Waals surface area contributed by atoms with E-state index in [1.54, 1.807) is 0 Å². The van der Waals surface area contributed by atoms with Crippen molar-refractivity contribution in [2.45, 2.75) is 12.8 Å². The van der Waals surface area contributed by atoms with Crippen LogP contribution < -0.4 is 5.32 Å². The van der Waals surface area contributed by atoms with E-state index in [1.807, 2.05) is 85.8 Å². The molecule has 4 aromatic rings. The molecule has 0 aliphatic rings. The Labute approximate surface area is 200 Å². The Hall–Kier alpha value is -3.51. The van der Waals surface area contributed by atoms with E-state index < -0.39 is 11.9 Å². The zero-order valence-electron chi connectivity index (χ0n) is 18.3. The Morgan fingerprint density at radius 2 is 1.67 bits per heavy atom. The van der Waals surface area contributed by atoms with Crippen molar-refractivity contribution in [3.8, 4) is 11.3 Å². The Bertz CT molecular complexity index is 1310. The molecule has 5 nitrogen and oxygen atoms in total. The molecule has 1 N–H and O–H groups in total. The standard InChI is InChI=1S/C27H23BrN2O3/c1-17-24(26(31)29-16-22(27(32)33-2)18-9-5-3-6-10-18)21-15-20(28)13-14-23(21)30-25(17)19-11-7-4-8-12-19/h3-15,22H,16H2,1-2H3,(H,29,31). The van der Waals surface area contributed by atoms with Gasteiger partial charge in [0.2, 0.25) is 0 Å². The second-order valence-electron chi connectivity index (χ2n) is 7.68. The second-order valence-corrected chi connectivity index (χ2v) is 8.60. The largest absolute Gasteiger partial charge is 0.468 e. The van der Waals surface area contributed by atoms with Crippen LogP contribution >= 0.6 is 15.9 Å². The summed E-state index contributed by atoms with van der Waals surface area (Å²) < 4.78 is 5.84. The average Bonchev–Trinajstić information content (AvgIpc) is 2.84. The summed E-state index contributed by atoms with van der Waals surface area (Å²) in [5.74, 6) is -1.26. The Morgan fingerprint density at radius 1 is 1.00 bits per heavy atom. The molecule has 0 fully saturated rings. The molecule has 0 aliphatic carbocycles. The predicted octanol–water partition coefficient (Wildman–Crippen LogP) is 5.66. The van der Waals surface area contributed by atoms with Crippen LogP contribution in [0.2, 0.25) is 0 Å². The number of amides is 1. The van der Waals surface area contributed by atoms with Gasteiger partial charge in [0.05, 0.1) is 29.8 Å². The molecular formula is C27H23BrN2O3. The lowest BCUT2D eigenvalue weighted by Gasteiger charge is -2.18. The highest BCUT2D eigenvalue weighted by Crippen LogP contribution is 2.31. The van der Waals surface area contributed by atoms with Crippen LogP contribution in [0.1, 0.15) is 27.4 Å². The fourth-order valence-corrected chi connectivity index (χ4v) is 4.31. The van der Waals surface area contributed by atoms with Gasteiger partial charge in [0.25, 0.3) is 5.91 Å². The van der Waals surface area contributed by atoms with E-state index >= 15 is 0 Å². The van der Waals surface area contributed by atoms with Crippen LogP contribution in [-0.4, -0.2) is 30.5 Å². The van der Waals surface area contributed by atoms with Gasteiger partial charge in [-0.15, -0.1) is 0 Å². The average molecular weight is 503 g/mol. The van der Waals surface area contributed by atoms with Crippen LogP contribution in [0.5, 0.6) is 0 Å². The molecule has 1 heterocycles. The van der Waals surface area contributed by atoms with Crippen molar-refractivity contribution in [2.75, 3.05) is 13.7 Å². The van der Waals surface area contributed by atoms with Crippen molar-refractivity contribution in [1.29, 1.82) is 0 Å². The van der Waals surface area contributed by atoms with E-state index in [0.717, 1.165) is 37.8 Å².